The van der Waals surface area contributed by atoms with Crippen LogP contribution in [0.2, 0.25) is 0 Å². The van der Waals surface area contributed by atoms with Gasteiger partial charge in [0.2, 0.25) is 5.91 Å². The van der Waals surface area contributed by atoms with Crippen molar-refractivity contribution in [2.75, 3.05) is 39.4 Å². The highest BCUT2D eigenvalue weighted by atomic mass is 16.5. The van der Waals surface area contributed by atoms with Gasteiger partial charge in [-0.1, -0.05) is 13.8 Å². The molecule has 1 rings (SSSR count). The minimum absolute atomic E-state index is 0.0216. The Morgan fingerprint density at radius 3 is 2.38 bits per heavy atom. The number of nitrogens with one attached hydrogen (secondary N) is 1. The molecule has 0 aromatic heterocycles. The molecule has 1 heterocycles. The molecule has 0 saturated carbocycles. The van der Waals surface area contributed by atoms with Crippen LogP contribution < -0.4 is 11.1 Å². The number of carbonyl (C=O) groups is 1. The quantitative estimate of drug-likeness (QED) is 0.710. The van der Waals surface area contributed by atoms with Gasteiger partial charge >= 0.3 is 0 Å². The van der Waals surface area contributed by atoms with Crippen LogP contribution in [0, 0.1) is 5.41 Å². The largest absolute Gasteiger partial charge is 0.379 e. The van der Waals surface area contributed by atoms with Crippen molar-refractivity contribution in [1.29, 1.82) is 0 Å². The monoisotopic (exact) mass is 299 g/mol. The van der Waals surface area contributed by atoms with Crippen molar-refractivity contribution in [3.63, 3.8) is 0 Å². The van der Waals surface area contributed by atoms with Crippen molar-refractivity contribution in [1.82, 2.24) is 10.2 Å². The Bertz CT molecular complexity index is 323. The lowest BCUT2D eigenvalue weighted by atomic mass is 9.84. The summed E-state index contributed by atoms with van der Waals surface area (Å²) in [5.74, 6) is 0.140. The Hall–Kier alpha value is -0.650. The van der Waals surface area contributed by atoms with Crippen LogP contribution in [-0.2, 0) is 9.53 Å². The van der Waals surface area contributed by atoms with Gasteiger partial charge in [0.1, 0.15) is 0 Å². The minimum atomic E-state index is -0.0216. The van der Waals surface area contributed by atoms with Crippen molar-refractivity contribution in [2.45, 2.75) is 52.5 Å². The molecule has 3 N–H and O–H groups in total. The second-order valence-electron chi connectivity index (χ2n) is 7.39. The molecular formula is C16H33N3O2. The van der Waals surface area contributed by atoms with Crippen molar-refractivity contribution >= 4 is 5.91 Å². The average molecular weight is 299 g/mol. The van der Waals surface area contributed by atoms with Crippen LogP contribution >= 0.6 is 0 Å². The molecule has 0 radical (unpaired) electrons. The van der Waals surface area contributed by atoms with Crippen LogP contribution in [0.15, 0.2) is 0 Å². The van der Waals surface area contributed by atoms with E-state index in [1.807, 2.05) is 0 Å². The number of amides is 1. The molecule has 124 valence electrons. The van der Waals surface area contributed by atoms with Gasteiger partial charge in [0.25, 0.3) is 0 Å². The summed E-state index contributed by atoms with van der Waals surface area (Å²) in [7, 11) is 0. The number of hydrogen-bond donors (Lipinski definition) is 2. The highest BCUT2D eigenvalue weighted by Crippen LogP contribution is 2.25. The predicted octanol–water partition coefficient (Wildman–Crippen LogP) is 1.37. The van der Waals surface area contributed by atoms with Gasteiger partial charge in [0.05, 0.1) is 13.2 Å². The third-order valence-corrected chi connectivity index (χ3v) is 4.44. The summed E-state index contributed by atoms with van der Waals surface area (Å²) in [6, 6.07) is 0. The van der Waals surface area contributed by atoms with E-state index in [9.17, 15) is 4.79 Å². The maximum absolute atomic E-state index is 12.0. The Kier molecular flexibility index (Phi) is 7.10. The Balaban J connectivity index is 2.31. The van der Waals surface area contributed by atoms with Crippen LogP contribution in [0.3, 0.4) is 0 Å². The van der Waals surface area contributed by atoms with Gasteiger partial charge < -0.3 is 15.8 Å². The number of nitrogens with zero attached hydrogens (tertiary/aromatic N) is 1. The highest BCUT2D eigenvalue weighted by Gasteiger charge is 2.28. The van der Waals surface area contributed by atoms with E-state index in [4.69, 9.17) is 10.5 Å². The highest BCUT2D eigenvalue weighted by molar-refractivity contribution is 5.75. The second-order valence-corrected chi connectivity index (χ2v) is 7.39. The van der Waals surface area contributed by atoms with Gasteiger partial charge in [-0.15, -0.1) is 0 Å². The number of ether oxygens (including phenoxy) is 1. The van der Waals surface area contributed by atoms with Gasteiger partial charge in [-0.3, -0.25) is 9.69 Å². The van der Waals surface area contributed by atoms with Crippen LogP contribution in [-0.4, -0.2) is 55.7 Å². The van der Waals surface area contributed by atoms with E-state index in [2.05, 4.69) is 37.9 Å². The van der Waals surface area contributed by atoms with E-state index >= 15 is 0 Å². The number of hydrogen-bond acceptors (Lipinski definition) is 4. The van der Waals surface area contributed by atoms with Crippen molar-refractivity contribution in [2.24, 2.45) is 11.1 Å². The van der Waals surface area contributed by atoms with Gasteiger partial charge in [0.15, 0.2) is 0 Å². The smallest absolute Gasteiger partial charge is 0.220 e. The number of rotatable bonds is 8. The van der Waals surface area contributed by atoms with Crippen LogP contribution in [0.25, 0.3) is 0 Å². The molecule has 1 aliphatic rings. The molecular weight excluding hydrogens is 266 g/mol. The lowest BCUT2D eigenvalue weighted by molar-refractivity contribution is -0.122. The molecule has 0 aliphatic carbocycles. The molecule has 21 heavy (non-hydrogen) atoms. The average Bonchev–Trinajstić information content (AvgIpc) is 2.44. The lowest BCUT2D eigenvalue weighted by Gasteiger charge is -2.40. The molecule has 0 aromatic rings. The summed E-state index contributed by atoms with van der Waals surface area (Å²) in [5.41, 5.74) is 5.73. The second kappa shape index (κ2) is 8.11. The maximum Gasteiger partial charge on any atom is 0.220 e. The maximum atomic E-state index is 12.0. The summed E-state index contributed by atoms with van der Waals surface area (Å²) in [6.07, 6.45) is 2.42. The summed E-state index contributed by atoms with van der Waals surface area (Å²) < 4.78 is 5.38. The Morgan fingerprint density at radius 1 is 1.19 bits per heavy atom. The fourth-order valence-electron chi connectivity index (χ4n) is 2.65. The van der Waals surface area contributed by atoms with Gasteiger partial charge in [-0.05, 0) is 38.6 Å². The topological polar surface area (TPSA) is 67.6 Å². The molecule has 5 nitrogen and oxygen atoms in total. The molecule has 1 aliphatic heterocycles. The van der Waals surface area contributed by atoms with E-state index in [1.165, 1.54) is 0 Å². The molecule has 0 unspecified atom stereocenters. The third kappa shape index (κ3) is 6.76. The first-order valence-corrected chi connectivity index (χ1v) is 8.06. The SMILES string of the molecule is CC(C)(CCN)CCC(=O)NCC(C)(C)N1CCOCC1. The van der Waals surface area contributed by atoms with E-state index in [0.29, 0.717) is 19.5 Å². The first-order valence-electron chi connectivity index (χ1n) is 8.06. The van der Waals surface area contributed by atoms with Gasteiger partial charge in [0, 0.05) is 31.6 Å². The number of morpholine rings is 1. The number of nitrogens with two attached hydrogens (primary N) is 1. The third-order valence-electron chi connectivity index (χ3n) is 4.44. The van der Waals surface area contributed by atoms with E-state index in [0.717, 1.165) is 39.1 Å². The zero-order valence-corrected chi connectivity index (χ0v) is 14.2. The summed E-state index contributed by atoms with van der Waals surface area (Å²) in [5, 5.41) is 3.08. The van der Waals surface area contributed by atoms with Crippen molar-refractivity contribution in [3.05, 3.63) is 0 Å². The normalized spacial score (nSPS) is 17.8. The van der Waals surface area contributed by atoms with E-state index < -0.39 is 0 Å². The van der Waals surface area contributed by atoms with Crippen LogP contribution in [0.1, 0.15) is 47.0 Å². The predicted molar refractivity (Wildman–Crippen MR) is 86.2 cm³/mol. The summed E-state index contributed by atoms with van der Waals surface area (Å²) in [4.78, 5) is 14.4. The molecule has 1 amide bonds. The van der Waals surface area contributed by atoms with Crippen molar-refractivity contribution in [3.8, 4) is 0 Å². The fraction of sp³-hybridized carbons (Fsp3) is 0.938. The Morgan fingerprint density at radius 2 is 1.81 bits per heavy atom. The first kappa shape index (κ1) is 18.4. The molecule has 1 saturated heterocycles. The molecule has 0 atom stereocenters. The number of carbonyl (C=O) groups excluding carboxylic acids is 1. The van der Waals surface area contributed by atoms with Crippen LogP contribution in [0.4, 0.5) is 0 Å². The zero-order valence-electron chi connectivity index (χ0n) is 14.2. The molecule has 0 spiro atoms. The Labute approximate surface area is 129 Å². The lowest BCUT2D eigenvalue weighted by Crippen LogP contribution is -2.55. The summed E-state index contributed by atoms with van der Waals surface area (Å²) in [6.45, 7) is 13.5. The van der Waals surface area contributed by atoms with E-state index in [1.54, 1.807) is 0 Å². The van der Waals surface area contributed by atoms with E-state index in [-0.39, 0.29) is 16.9 Å². The summed E-state index contributed by atoms with van der Waals surface area (Å²) >= 11 is 0. The fourth-order valence-corrected chi connectivity index (χ4v) is 2.65. The molecule has 1 fully saturated rings. The first-order chi connectivity index (χ1) is 9.77. The molecule has 0 bridgehead atoms. The zero-order chi connectivity index (χ0) is 15.9. The van der Waals surface area contributed by atoms with Crippen LogP contribution in [0.5, 0.6) is 0 Å². The minimum Gasteiger partial charge on any atom is -0.379 e. The standard InChI is InChI=1S/C16H33N3O2/c1-15(2,7-8-17)6-5-14(20)18-13-16(3,4)19-9-11-21-12-10-19/h5-13,17H2,1-4H3,(H,18,20). The van der Waals surface area contributed by atoms with Gasteiger partial charge in [-0.2, -0.15) is 0 Å². The van der Waals surface area contributed by atoms with Crippen molar-refractivity contribution < 1.29 is 9.53 Å². The van der Waals surface area contributed by atoms with Gasteiger partial charge in [-0.25, -0.2) is 0 Å². The molecule has 0 aromatic carbocycles. The molecule has 5 heteroatoms.